The lowest BCUT2D eigenvalue weighted by Crippen LogP contribution is -2.49. The molecule has 1 amide bonds. The molecular formula is C15H21FN4O3. The van der Waals surface area contributed by atoms with E-state index in [-0.39, 0.29) is 18.9 Å². The monoisotopic (exact) mass is 324 g/mol. The number of halogens is 1. The molecule has 0 unspecified atom stereocenters. The zero-order valence-electron chi connectivity index (χ0n) is 13.0. The molecule has 1 aromatic rings. The van der Waals surface area contributed by atoms with E-state index in [1.807, 2.05) is 4.90 Å². The van der Waals surface area contributed by atoms with Crippen LogP contribution in [0.25, 0.3) is 0 Å². The van der Waals surface area contributed by atoms with Crippen LogP contribution in [0.15, 0.2) is 4.52 Å². The van der Waals surface area contributed by atoms with Gasteiger partial charge in [0.15, 0.2) is 5.82 Å². The van der Waals surface area contributed by atoms with E-state index in [9.17, 15) is 9.18 Å². The van der Waals surface area contributed by atoms with Gasteiger partial charge in [0.1, 0.15) is 6.17 Å². The first-order valence-corrected chi connectivity index (χ1v) is 8.28. The summed E-state index contributed by atoms with van der Waals surface area (Å²) < 4.78 is 24.4. The van der Waals surface area contributed by atoms with Crippen molar-refractivity contribution in [1.29, 1.82) is 0 Å². The first-order valence-electron chi connectivity index (χ1n) is 8.28. The number of morpholine rings is 1. The van der Waals surface area contributed by atoms with Crippen molar-refractivity contribution in [3.05, 3.63) is 11.7 Å². The molecule has 3 fully saturated rings. The molecular weight excluding hydrogens is 303 g/mol. The summed E-state index contributed by atoms with van der Waals surface area (Å²) >= 11 is 0. The van der Waals surface area contributed by atoms with Gasteiger partial charge in [-0.2, -0.15) is 4.98 Å². The van der Waals surface area contributed by atoms with Gasteiger partial charge in [-0.25, -0.2) is 4.39 Å². The number of hydrogen-bond donors (Lipinski definition) is 0. The van der Waals surface area contributed by atoms with Crippen molar-refractivity contribution in [3.8, 4) is 0 Å². The number of nitrogens with zero attached hydrogens (tertiary/aromatic N) is 4. The third-order valence-electron chi connectivity index (χ3n) is 4.72. The summed E-state index contributed by atoms with van der Waals surface area (Å²) in [6.07, 6.45) is 1.46. The van der Waals surface area contributed by atoms with E-state index >= 15 is 0 Å². The highest BCUT2D eigenvalue weighted by atomic mass is 19.1. The number of likely N-dealkylation sites (tertiary alicyclic amines) is 1. The van der Waals surface area contributed by atoms with Crippen LogP contribution in [0.1, 0.15) is 36.9 Å². The minimum Gasteiger partial charge on any atom is -0.378 e. The van der Waals surface area contributed by atoms with Gasteiger partial charge in [-0.1, -0.05) is 5.16 Å². The molecule has 0 spiro atoms. The summed E-state index contributed by atoms with van der Waals surface area (Å²) in [6, 6.07) is -0.445. The van der Waals surface area contributed by atoms with Crippen LogP contribution < -0.4 is 0 Å². The Morgan fingerprint density at radius 1 is 1.30 bits per heavy atom. The Kier molecular flexibility index (Phi) is 4.02. The highest BCUT2D eigenvalue weighted by Gasteiger charge is 2.40. The largest absolute Gasteiger partial charge is 0.378 e. The van der Waals surface area contributed by atoms with Crippen molar-refractivity contribution in [2.24, 2.45) is 0 Å². The SMILES string of the molecule is O=C([C@@H]1C[C@@H](F)CN1Cc1nc(C2CC2)no1)N1CCOCC1. The maximum absolute atomic E-state index is 13.9. The Balaban J connectivity index is 1.43. The van der Waals surface area contributed by atoms with Gasteiger partial charge in [0, 0.05) is 32.0 Å². The molecule has 3 aliphatic rings. The second-order valence-corrected chi connectivity index (χ2v) is 6.54. The molecule has 0 radical (unpaired) electrons. The van der Waals surface area contributed by atoms with Crippen LogP contribution >= 0.6 is 0 Å². The predicted molar refractivity (Wildman–Crippen MR) is 77.4 cm³/mol. The van der Waals surface area contributed by atoms with Crippen LogP contribution in [-0.4, -0.2) is 70.9 Å². The summed E-state index contributed by atoms with van der Waals surface area (Å²) in [5, 5.41) is 3.98. The first kappa shape index (κ1) is 15.0. The predicted octanol–water partition coefficient (Wildman–Crippen LogP) is 0.718. The number of rotatable bonds is 4. The Hall–Kier alpha value is -1.54. The zero-order chi connectivity index (χ0) is 15.8. The number of aromatic nitrogens is 2. The minimum atomic E-state index is -0.990. The number of alkyl halides is 1. The molecule has 0 N–H and O–H groups in total. The molecule has 7 nitrogen and oxygen atoms in total. The first-order chi connectivity index (χ1) is 11.2. The molecule has 0 aromatic carbocycles. The Morgan fingerprint density at radius 2 is 2.09 bits per heavy atom. The quantitative estimate of drug-likeness (QED) is 0.813. The van der Waals surface area contributed by atoms with E-state index in [2.05, 4.69) is 10.1 Å². The molecule has 2 aliphatic heterocycles. The molecule has 1 saturated carbocycles. The van der Waals surface area contributed by atoms with Crippen LogP contribution in [0.5, 0.6) is 0 Å². The molecule has 126 valence electrons. The van der Waals surface area contributed by atoms with Crippen LogP contribution in [0, 0.1) is 0 Å². The van der Waals surface area contributed by atoms with E-state index in [4.69, 9.17) is 9.26 Å². The molecule has 0 bridgehead atoms. The standard InChI is InChI=1S/C15H21FN4O3/c16-11-7-12(15(21)19-3-5-22-6-4-19)20(8-11)9-13-17-14(18-23-13)10-1-2-10/h10-12H,1-9H2/t11-,12+/m1/s1. The zero-order valence-corrected chi connectivity index (χ0v) is 13.0. The van der Waals surface area contributed by atoms with Crippen molar-refractivity contribution >= 4 is 5.91 Å². The average molecular weight is 324 g/mol. The fourth-order valence-electron chi connectivity index (χ4n) is 3.29. The van der Waals surface area contributed by atoms with Crippen molar-refractivity contribution < 1.29 is 18.4 Å². The van der Waals surface area contributed by atoms with E-state index in [1.165, 1.54) is 0 Å². The van der Waals surface area contributed by atoms with Gasteiger partial charge in [0.05, 0.1) is 25.8 Å². The molecule has 3 heterocycles. The molecule has 2 atom stereocenters. The highest BCUT2D eigenvalue weighted by Crippen LogP contribution is 2.38. The molecule has 23 heavy (non-hydrogen) atoms. The van der Waals surface area contributed by atoms with Crippen molar-refractivity contribution in [2.75, 3.05) is 32.8 Å². The second-order valence-electron chi connectivity index (χ2n) is 6.54. The van der Waals surface area contributed by atoms with Gasteiger partial charge in [-0.05, 0) is 12.8 Å². The van der Waals surface area contributed by atoms with Crippen molar-refractivity contribution in [3.63, 3.8) is 0 Å². The lowest BCUT2D eigenvalue weighted by Gasteiger charge is -2.31. The molecule has 1 aromatic heterocycles. The molecule has 8 heteroatoms. The summed E-state index contributed by atoms with van der Waals surface area (Å²) in [6.45, 7) is 2.82. The smallest absolute Gasteiger partial charge is 0.240 e. The maximum Gasteiger partial charge on any atom is 0.240 e. The molecule has 1 aliphatic carbocycles. The summed E-state index contributed by atoms with van der Waals surface area (Å²) in [5.74, 6) is 1.62. The number of ether oxygens (including phenoxy) is 1. The number of amides is 1. The summed E-state index contributed by atoms with van der Waals surface area (Å²) in [4.78, 5) is 20.6. The van der Waals surface area contributed by atoms with E-state index in [1.54, 1.807) is 4.90 Å². The second kappa shape index (κ2) is 6.16. The van der Waals surface area contributed by atoms with Crippen LogP contribution in [0.3, 0.4) is 0 Å². The number of carbonyl (C=O) groups excluding carboxylic acids is 1. The Bertz CT molecular complexity index is 571. The third-order valence-corrected chi connectivity index (χ3v) is 4.72. The van der Waals surface area contributed by atoms with Crippen molar-refractivity contribution in [2.45, 2.75) is 43.9 Å². The lowest BCUT2D eigenvalue weighted by molar-refractivity contribution is -0.140. The van der Waals surface area contributed by atoms with Crippen LogP contribution in [-0.2, 0) is 16.1 Å². The van der Waals surface area contributed by atoms with Gasteiger partial charge < -0.3 is 14.2 Å². The lowest BCUT2D eigenvalue weighted by atomic mass is 10.1. The normalized spacial score (nSPS) is 29.2. The fourth-order valence-corrected chi connectivity index (χ4v) is 3.29. The molecule has 2 saturated heterocycles. The van der Waals surface area contributed by atoms with Gasteiger partial charge in [-0.3, -0.25) is 9.69 Å². The maximum atomic E-state index is 13.9. The van der Waals surface area contributed by atoms with E-state index < -0.39 is 12.2 Å². The fraction of sp³-hybridized carbons (Fsp3) is 0.800. The third kappa shape index (κ3) is 3.23. The number of carbonyl (C=O) groups is 1. The van der Waals surface area contributed by atoms with Gasteiger partial charge in [0.25, 0.3) is 0 Å². The van der Waals surface area contributed by atoms with Gasteiger partial charge in [-0.15, -0.1) is 0 Å². The van der Waals surface area contributed by atoms with E-state index in [0.717, 1.165) is 18.7 Å². The highest BCUT2D eigenvalue weighted by molar-refractivity contribution is 5.82. The summed E-state index contributed by atoms with van der Waals surface area (Å²) in [7, 11) is 0. The Morgan fingerprint density at radius 3 is 2.83 bits per heavy atom. The van der Waals surface area contributed by atoms with Gasteiger partial charge in [0.2, 0.25) is 11.8 Å². The topological polar surface area (TPSA) is 71.7 Å². The molecule has 4 rings (SSSR count). The van der Waals surface area contributed by atoms with Crippen LogP contribution in [0.2, 0.25) is 0 Å². The Labute approximate surface area is 133 Å². The average Bonchev–Trinajstić information content (AvgIpc) is 3.21. The van der Waals surface area contributed by atoms with Crippen LogP contribution in [0.4, 0.5) is 4.39 Å². The summed E-state index contributed by atoms with van der Waals surface area (Å²) in [5.41, 5.74) is 0. The number of hydrogen-bond acceptors (Lipinski definition) is 6. The van der Waals surface area contributed by atoms with Crippen molar-refractivity contribution in [1.82, 2.24) is 19.9 Å². The van der Waals surface area contributed by atoms with Gasteiger partial charge >= 0.3 is 0 Å². The minimum absolute atomic E-state index is 0.0182. The van der Waals surface area contributed by atoms with E-state index in [0.29, 0.717) is 44.7 Å².